The number of ether oxygens (including phenoxy) is 1. The molecule has 0 unspecified atom stereocenters. The smallest absolute Gasteiger partial charge is 0.329 e. The van der Waals surface area contributed by atoms with Gasteiger partial charge in [0.05, 0.1) is 6.26 Å². The summed E-state index contributed by atoms with van der Waals surface area (Å²) in [5.74, 6) is -1.48. The molecule has 2 N–H and O–H groups in total. The lowest BCUT2D eigenvalue weighted by atomic mass is 9.97. The molecule has 1 atom stereocenters. The highest BCUT2D eigenvalue weighted by Crippen LogP contribution is 2.17. The standard InChI is InChI=1S/C20H30N2O5/c1-14(2)18(22-19(24)16-11-8-12-26-16)20(25)27-13-17(23)21-15-9-6-4-3-5-7-10-15/h8,11-12,14-15,18H,3-7,9-10,13H2,1-2H3,(H,21,23)(H,22,24)/t18-/m0/s1. The minimum atomic E-state index is -0.850. The predicted octanol–water partition coefficient (Wildman–Crippen LogP) is 2.81. The van der Waals surface area contributed by atoms with Crippen LogP contribution in [0.5, 0.6) is 0 Å². The fraction of sp³-hybridized carbons (Fsp3) is 0.650. The molecule has 1 saturated carbocycles. The number of hydrogen-bond donors (Lipinski definition) is 2. The van der Waals surface area contributed by atoms with E-state index in [9.17, 15) is 14.4 Å². The van der Waals surface area contributed by atoms with Crippen molar-refractivity contribution >= 4 is 17.8 Å². The average molecular weight is 378 g/mol. The van der Waals surface area contributed by atoms with Crippen LogP contribution in [0.1, 0.15) is 69.3 Å². The van der Waals surface area contributed by atoms with Crippen LogP contribution < -0.4 is 10.6 Å². The first-order chi connectivity index (χ1) is 13.0. The SMILES string of the molecule is CC(C)[C@H](NC(=O)c1ccco1)C(=O)OCC(=O)NC1CCCCCCC1. The zero-order chi connectivity index (χ0) is 19.6. The Bertz CT molecular complexity index is 604. The maximum atomic E-state index is 12.3. The van der Waals surface area contributed by atoms with Gasteiger partial charge in [0, 0.05) is 6.04 Å². The second-order valence-electron chi connectivity index (χ2n) is 7.39. The molecule has 0 spiro atoms. The van der Waals surface area contributed by atoms with Gasteiger partial charge in [-0.1, -0.05) is 46.0 Å². The number of rotatable bonds is 7. The molecule has 27 heavy (non-hydrogen) atoms. The highest BCUT2D eigenvalue weighted by molar-refractivity contribution is 5.94. The average Bonchev–Trinajstić information content (AvgIpc) is 3.14. The molecule has 7 nitrogen and oxygen atoms in total. The van der Waals surface area contributed by atoms with Crippen molar-refractivity contribution in [3.63, 3.8) is 0 Å². The van der Waals surface area contributed by atoms with Gasteiger partial charge in [0.2, 0.25) is 0 Å². The van der Waals surface area contributed by atoms with Gasteiger partial charge < -0.3 is 19.8 Å². The van der Waals surface area contributed by atoms with E-state index in [0.717, 1.165) is 25.7 Å². The number of hydrogen-bond acceptors (Lipinski definition) is 5. The van der Waals surface area contributed by atoms with Gasteiger partial charge in [-0.15, -0.1) is 0 Å². The Morgan fingerprint density at radius 1 is 1.15 bits per heavy atom. The third-order valence-electron chi connectivity index (χ3n) is 4.77. The quantitative estimate of drug-likeness (QED) is 0.711. The van der Waals surface area contributed by atoms with Crippen LogP contribution in [0, 0.1) is 5.92 Å². The molecule has 2 rings (SSSR count). The molecule has 1 fully saturated rings. The Morgan fingerprint density at radius 3 is 2.41 bits per heavy atom. The summed E-state index contributed by atoms with van der Waals surface area (Å²) in [6.07, 6.45) is 9.20. The summed E-state index contributed by atoms with van der Waals surface area (Å²) in [5, 5.41) is 5.55. The Kier molecular flexibility index (Phi) is 8.36. The number of esters is 1. The molecule has 1 aromatic heterocycles. The van der Waals surface area contributed by atoms with Crippen molar-refractivity contribution in [1.82, 2.24) is 10.6 Å². The number of nitrogens with one attached hydrogen (secondary N) is 2. The van der Waals surface area contributed by atoms with Crippen molar-refractivity contribution in [1.29, 1.82) is 0 Å². The summed E-state index contributed by atoms with van der Waals surface area (Å²) < 4.78 is 10.2. The first kappa shape index (κ1) is 21.0. The zero-order valence-electron chi connectivity index (χ0n) is 16.2. The first-order valence-corrected chi connectivity index (χ1v) is 9.77. The molecule has 1 aliphatic carbocycles. The predicted molar refractivity (Wildman–Crippen MR) is 100 cm³/mol. The van der Waals surface area contributed by atoms with Gasteiger partial charge in [-0.3, -0.25) is 9.59 Å². The first-order valence-electron chi connectivity index (χ1n) is 9.77. The molecule has 1 heterocycles. The van der Waals surface area contributed by atoms with Crippen molar-refractivity contribution < 1.29 is 23.5 Å². The summed E-state index contributed by atoms with van der Waals surface area (Å²) in [6, 6.07) is 2.41. The lowest BCUT2D eigenvalue weighted by Crippen LogP contribution is -2.46. The molecular formula is C20H30N2O5. The second kappa shape index (κ2) is 10.7. The van der Waals surface area contributed by atoms with Gasteiger partial charge in [0.1, 0.15) is 6.04 Å². The molecule has 150 valence electrons. The van der Waals surface area contributed by atoms with E-state index >= 15 is 0 Å². The number of amides is 2. The van der Waals surface area contributed by atoms with E-state index in [0.29, 0.717) is 0 Å². The van der Waals surface area contributed by atoms with E-state index < -0.39 is 17.9 Å². The summed E-state index contributed by atoms with van der Waals surface area (Å²) in [4.78, 5) is 36.6. The largest absolute Gasteiger partial charge is 0.459 e. The highest BCUT2D eigenvalue weighted by Gasteiger charge is 2.27. The van der Waals surface area contributed by atoms with Crippen LogP contribution in [0.25, 0.3) is 0 Å². The molecule has 1 aliphatic rings. The zero-order valence-corrected chi connectivity index (χ0v) is 16.2. The van der Waals surface area contributed by atoms with E-state index in [2.05, 4.69) is 10.6 Å². The number of furan rings is 1. The summed E-state index contributed by atoms with van der Waals surface area (Å²) >= 11 is 0. The minimum absolute atomic E-state index is 0.121. The monoisotopic (exact) mass is 378 g/mol. The highest BCUT2D eigenvalue weighted by atomic mass is 16.5. The lowest BCUT2D eigenvalue weighted by molar-refractivity contribution is -0.151. The maximum absolute atomic E-state index is 12.3. The maximum Gasteiger partial charge on any atom is 0.329 e. The van der Waals surface area contributed by atoms with E-state index in [4.69, 9.17) is 9.15 Å². The van der Waals surface area contributed by atoms with Gasteiger partial charge in [0.15, 0.2) is 12.4 Å². The molecule has 7 heteroatoms. The molecule has 0 radical (unpaired) electrons. The van der Waals surface area contributed by atoms with Crippen LogP contribution in [0.4, 0.5) is 0 Å². The third kappa shape index (κ3) is 7.07. The van der Waals surface area contributed by atoms with Gasteiger partial charge >= 0.3 is 5.97 Å². The van der Waals surface area contributed by atoms with Gasteiger partial charge in [-0.2, -0.15) is 0 Å². The summed E-state index contributed by atoms with van der Waals surface area (Å²) in [6.45, 7) is 3.25. The van der Waals surface area contributed by atoms with Crippen LogP contribution in [0.2, 0.25) is 0 Å². The van der Waals surface area contributed by atoms with Gasteiger partial charge in [-0.05, 0) is 30.9 Å². The van der Waals surface area contributed by atoms with E-state index in [1.54, 1.807) is 19.9 Å². The van der Waals surface area contributed by atoms with E-state index in [-0.39, 0.29) is 30.2 Å². The van der Waals surface area contributed by atoms with Crippen LogP contribution in [0.3, 0.4) is 0 Å². The number of carbonyl (C=O) groups excluding carboxylic acids is 3. The Morgan fingerprint density at radius 2 is 1.81 bits per heavy atom. The summed E-state index contributed by atoms with van der Waals surface area (Å²) in [7, 11) is 0. The minimum Gasteiger partial charge on any atom is -0.459 e. The van der Waals surface area contributed by atoms with Crippen molar-refractivity contribution in [3.8, 4) is 0 Å². The summed E-state index contributed by atoms with van der Waals surface area (Å²) in [5.41, 5.74) is 0. The Labute approximate surface area is 160 Å². The van der Waals surface area contributed by atoms with Crippen molar-refractivity contribution in [2.24, 2.45) is 5.92 Å². The van der Waals surface area contributed by atoms with Crippen molar-refractivity contribution in [2.75, 3.05) is 6.61 Å². The third-order valence-corrected chi connectivity index (χ3v) is 4.77. The van der Waals surface area contributed by atoms with Gasteiger partial charge in [0.25, 0.3) is 11.8 Å². The molecule has 0 aliphatic heterocycles. The molecule has 0 aromatic carbocycles. The fourth-order valence-corrected chi connectivity index (χ4v) is 3.21. The van der Waals surface area contributed by atoms with Crippen LogP contribution in [0.15, 0.2) is 22.8 Å². The fourth-order valence-electron chi connectivity index (χ4n) is 3.21. The van der Waals surface area contributed by atoms with E-state index in [1.165, 1.54) is 31.6 Å². The topological polar surface area (TPSA) is 97.6 Å². The molecule has 0 saturated heterocycles. The van der Waals surface area contributed by atoms with Crippen molar-refractivity contribution in [2.45, 2.75) is 70.9 Å². The number of carbonyl (C=O) groups is 3. The van der Waals surface area contributed by atoms with Crippen LogP contribution >= 0.6 is 0 Å². The molecule has 1 aromatic rings. The lowest BCUT2D eigenvalue weighted by Gasteiger charge is -2.22. The van der Waals surface area contributed by atoms with Crippen LogP contribution in [-0.2, 0) is 14.3 Å². The molecule has 2 amide bonds. The van der Waals surface area contributed by atoms with Crippen molar-refractivity contribution in [3.05, 3.63) is 24.2 Å². The Hall–Kier alpha value is -2.31. The Balaban J connectivity index is 1.80. The molecular weight excluding hydrogens is 348 g/mol. The molecule has 0 bridgehead atoms. The normalized spacial score (nSPS) is 16.9. The van der Waals surface area contributed by atoms with Crippen LogP contribution in [-0.4, -0.2) is 36.5 Å². The second-order valence-corrected chi connectivity index (χ2v) is 7.39. The van der Waals surface area contributed by atoms with E-state index in [1.807, 2.05) is 0 Å². The van der Waals surface area contributed by atoms with Gasteiger partial charge in [-0.25, -0.2) is 4.79 Å².